The third-order valence-electron chi connectivity index (χ3n) is 5.26. The molecule has 1 atom stereocenters. The minimum absolute atomic E-state index is 0.0291. The van der Waals surface area contributed by atoms with Crippen LogP contribution in [0.3, 0.4) is 0 Å². The van der Waals surface area contributed by atoms with Crippen molar-refractivity contribution in [2.45, 2.75) is 31.7 Å². The summed E-state index contributed by atoms with van der Waals surface area (Å²) in [7, 11) is 1.98. The molecule has 1 fully saturated rings. The molecule has 1 aliphatic carbocycles. The number of H-pyrrole nitrogens is 2. The molecule has 4 heterocycles. The van der Waals surface area contributed by atoms with Crippen LogP contribution in [0.1, 0.15) is 43.1 Å². The van der Waals surface area contributed by atoms with Gasteiger partial charge in [0, 0.05) is 37.1 Å². The van der Waals surface area contributed by atoms with E-state index < -0.39 is 0 Å². The van der Waals surface area contributed by atoms with Crippen molar-refractivity contribution in [3.63, 3.8) is 0 Å². The molecular weight excluding hydrogens is 352 g/mol. The van der Waals surface area contributed by atoms with Gasteiger partial charge in [0.15, 0.2) is 5.82 Å². The lowest BCUT2D eigenvalue weighted by Gasteiger charge is -2.24. The molecule has 28 heavy (non-hydrogen) atoms. The highest BCUT2D eigenvalue weighted by molar-refractivity contribution is 5.74. The Morgan fingerprint density at radius 2 is 2.04 bits per heavy atom. The topological polar surface area (TPSA) is 98.4 Å². The van der Waals surface area contributed by atoms with Gasteiger partial charge in [-0.05, 0) is 44.0 Å². The maximum absolute atomic E-state index is 4.74. The van der Waals surface area contributed by atoms with Gasteiger partial charge in [-0.1, -0.05) is 0 Å². The number of aromatic nitrogens is 6. The average molecular weight is 374 g/mol. The molecule has 8 heteroatoms. The number of fused-ring (bicyclic) bond motifs is 1. The summed E-state index contributed by atoms with van der Waals surface area (Å²) in [5, 5.41) is 10.7. The molecule has 0 bridgehead atoms. The number of anilines is 3. The van der Waals surface area contributed by atoms with Gasteiger partial charge in [0.1, 0.15) is 5.82 Å². The van der Waals surface area contributed by atoms with Gasteiger partial charge >= 0.3 is 0 Å². The molecule has 0 saturated heterocycles. The van der Waals surface area contributed by atoms with Gasteiger partial charge in [-0.25, -0.2) is 9.97 Å². The first-order chi connectivity index (χ1) is 13.7. The summed E-state index contributed by atoms with van der Waals surface area (Å²) < 4.78 is 0. The second-order valence-corrected chi connectivity index (χ2v) is 7.28. The first-order valence-electron chi connectivity index (χ1n) is 9.49. The molecule has 1 unspecified atom stereocenters. The lowest BCUT2D eigenvalue weighted by Crippen LogP contribution is -2.24. The Morgan fingerprint density at radius 1 is 1.14 bits per heavy atom. The van der Waals surface area contributed by atoms with Crippen LogP contribution < -0.4 is 10.2 Å². The summed E-state index contributed by atoms with van der Waals surface area (Å²) in [6.07, 6.45) is 6.14. The molecular formula is C20H22N8. The Bertz CT molecular complexity index is 1110. The monoisotopic (exact) mass is 374 g/mol. The Labute approximate surface area is 162 Å². The van der Waals surface area contributed by atoms with E-state index in [9.17, 15) is 0 Å². The van der Waals surface area contributed by atoms with E-state index in [0.29, 0.717) is 17.7 Å². The summed E-state index contributed by atoms with van der Waals surface area (Å²) in [5.74, 6) is 2.76. The maximum atomic E-state index is 4.74. The fraction of sp³-hybridized carbons (Fsp3) is 0.300. The molecule has 3 N–H and O–H groups in total. The Morgan fingerprint density at radius 3 is 2.89 bits per heavy atom. The van der Waals surface area contributed by atoms with Gasteiger partial charge in [-0.15, -0.1) is 0 Å². The van der Waals surface area contributed by atoms with E-state index in [-0.39, 0.29) is 6.04 Å². The van der Waals surface area contributed by atoms with Crippen molar-refractivity contribution < 1.29 is 0 Å². The minimum Gasteiger partial charge on any atom is -0.360 e. The van der Waals surface area contributed by atoms with Crippen LogP contribution in [0.25, 0.3) is 11.0 Å². The Kier molecular flexibility index (Phi) is 3.96. The molecule has 142 valence electrons. The second-order valence-electron chi connectivity index (χ2n) is 7.28. The highest BCUT2D eigenvalue weighted by Crippen LogP contribution is 2.39. The minimum atomic E-state index is 0.0291. The standard InChI is InChI=1S/C20H22N8/c1-12(14-5-6-15-16(23-14)7-9-21-15)28(2)20-22-10-8-18(25-20)24-19-11-17(26-27-19)13-3-4-13/h5-13,21H,3-4H2,1-2H3,(H2,22,24,25,26,27). The molecule has 1 aliphatic rings. The van der Waals surface area contributed by atoms with Gasteiger partial charge in [0.2, 0.25) is 5.95 Å². The van der Waals surface area contributed by atoms with E-state index in [1.165, 1.54) is 18.5 Å². The van der Waals surface area contributed by atoms with Crippen molar-refractivity contribution in [3.05, 3.63) is 54.1 Å². The van der Waals surface area contributed by atoms with Crippen molar-refractivity contribution in [2.75, 3.05) is 17.3 Å². The first kappa shape index (κ1) is 16.7. The van der Waals surface area contributed by atoms with Crippen molar-refractivity contribution >= 4 is 28.6 Å². The largest absolute Gasteiger partial charge is 0.360 e. The zero-order valence-electron chi connectivity index (χ0n) is 15.8. The number of hydrogen-bond acceptors (Lipinski definition) is 6. The third kappa shape index (κ3) is 3.17. The molecule has 4 aromatic heterocycles. The van der Waals surface area contributed by atoms with Crippen LogP contribution in [-0.4, -0.2) is 37.2 Å². The summed E-state index contributed by atoms with van der Waals surface area (Å²) in [6.45, 7) is 2.10. The second kappa shape index (κ2) is 6.63. The van der Waals surface area contributed by atoms with Crippen LogP contribution in [0, 0.1) is 0 Å². The number of pyridine rings is 1. The van der Waals surface area contributed by atoms with Gasteiger partial charge < -0.3 is 15.2 Å². The molecule has 5 rings (SSSR count). The molecule has 0 spiro atoms. The van der Waals surface area contributed by atoms with Crippen LogP contribution in [0.5, 0.6) is 0 Å². The highest BCUT2D eigenvalue weighted by Gasteiger charge is 2.25. The predicted molar refractivity (Wildman–Crippen MR) is 109 cm³/mol. The third-order valence-corrected chi connectivity index (χ3v) is 5.26. The zero-order chi connectivity index (χ0) is 19.1. The van der Waals surface area contributed by atoms with E-state index >= 15 is 0 Å². The molecule has 8 nitrogen and oxygen atoms in total. The van der Waals surface area contributed by atoms with Crippen molar-refractivity contribution in [1.82, 2.24) is 30.1 Å². The molecule has 0 aliphatic heterocycles. The SMILES string of the molecule is CC(c1ccc2[nH]ccc2n1)N(C)c1nccc(Nc2cc(C3CC3)[nH]n2)n1. The molecule has 0 aromatic carbocycles. The maximum Gasteiger partial charge on any atom is 0.227 e. The van der Waals surface area contributed by atoms with E-state index in [0.717, 1.165) is 22.5 Å². The van der Waals surface area contributed by atoms with Crippen LogP contribution in [0.4, 0.5) is 17.6 Å². The number of nitrogens with one attached hydrogen (secondary N) is 3. The Balaban J connectivity index is 1.35. The fourth-order valence-electron chi connectivity index (χ4n) is 3.28. The van der Waals surface area contributed by atoms with Gasteiger partial charge in [-0.3, -0.25) is 5.10 Å². The highest BCUT2D eigenvalue weighted by atomic mass is 15.3. The Hall–Kier alpha value is -3.42. The van der Waals surface area contributed by atoms with Crippen molar-refractivity contribution in [3.8, 4) is 0 Å². The first-order valence-corrected chi connectivity index (χ1v) is 9.49. The number of aromatic amines is 2. The van der Waals surface area contributed by atoms with E-state index in [2.05, 4.69) is 49.5 Å². The summed E-state index contributed by atoms with van der Waals surface area (Å²) in [4.78, 5) is 19.0. The van der Waals surface area contributed by atoms with Crippen LogP contribution in [0.15, 0.2) is 42.7 Å². The van der Waals surface area contributed by atoms with Crippen LogP contribution >= 0.6 is 0 Å². The quantitative estimate of drug-likeness (QED) is 0.473. The summed E-state index contributed by atoms with van der Waals surface area (Å²) in [5.41, 5.74) is 4.15. The number of hydrogen-bond donors (Lipinski definition) is 3. The van der Waals surface area contributed by atoms with Crippen LogP contribution in [-0.2, 0) is 0 Å². The number of rotatable bonds is 6. The molecule has 4 aromatic rings. The fourth-order valence-corrected chi connectivity index (χ4v) is 3.28. The smallest absolute Gasteiger partial charge is 0.227 e. The average Bonchev–Trinajstić information content (AvgIpc) is 3.28. The van der Waals surface area contributed by atoms with Crippen molar-refractivity contribution in [1.29, 1.82) is 0 Å². The molecule has 0 amide bonds. The summed E-state index contributed by atoms with van der Waals surface area (Å²) >= 11 is 0. The zero-order valence-corrected chi connectivity index (χ0v) is 15.8. The normalized spacial score (nSPS) is 14.9. The van der Waals surface area contributed by atoms with Crippen molar-refractivity contribution in [2.24, 2.45) is 0 Å². The van der Waals surface area contributed by atoms with Crippen LogP contribution in [0.2, 0.25) is 0 Å². The lowest BCUT2D eigenvalue weighted by molar-refractivity contribution is 0.697. The number of nitrogens with zero attached hydrogens (tertiary/aromatic N) is 5. The molecule has 0 radical (unpaired) electrons. The van der Waals surface area contributed by atoms with Gasteiger partial charge in [0.05, 0.1) is 22.8 Å². The van der Waals surface area contributed by atoms with E-state index in [1.54, 1.807) is 6.20 Å². The van der Waals surface area contributed by atoms with E-state index in [4.69, 9.17) is 4.98 Å². The predicted octanol–water partition coefficient (Wildman–Crippen LogP) is 3.89. The molecule has 1 saturated carbocycles. The van der Waals surface area contributed by atoms with Gasteiger partial charge in [0.25, 0.3) is 0 Å². The van der Waals surface area contributed by atoms with Gasteiger partial charge in [-0.2, -0.15) is 10.1 Å². The lowest BCUT2D eigenvalue weighted by atomic mass is 10.2. The van der Waals surface area contributed by atoms with E-state index in [1.807, 2.05) is 36.3 Å². The summed E-state index contributed by atoms with van der Waals surface area (Å²) in [6, 6.07) is 9.99.